The minimum absolute atomic E-state index is 0.0351. The fourth-order valence-electron chi connectivity index (χ4n) is 4.41. The van der Waals surface area contributed by atoms with E-state index in [9.17, 15) is 18.4 Å². The number of carboxylic acids is 1. The van der Waals surface area contributed by atoms with Crippen molar-refractivity contribution in [3.8, 4) is 11.5 Å². The van der Waals surface area contributed by atoms with Gasteiger partial charge >= 0.3 is 5.97 Å². The smallest absolute Gasteiger partial charge is 0.303 e. The van der Waals surface area contributed by atoms with Crippen LogP contribution in [0.1, 0.15) is 58.5 Å². The second-order valence-electron chi connectivity index (χ2n) is 9.05. The number of rotatable bonds is 9. The Morgan fingerprint density at radius 1 is 1.00 bits per heavy atom. The summed E-state index contributed by atoms with van der Waals surface area (Å²) in [4.78, 5) is 27.0. The van der Waals surface area contributed by atoms with Crippen molar-refractivity contribution in [2.75, 3.05) is 0 Å². The predicted octanol–water partition coefficient (Wildman–Crippen LogP) is 6.75. The number of aromatic nitrogens is 1. The first-order chi connectivity index (χ1) is 17.6. The molecule has 0 aliphatic carbocycles. The molecule has 4 aromatic rings. The number of aliphatic carboxylic acids is 1. The fourth-order valence-corrected chi connectivity index (χ4v) is 4.41. The van der Waals surface area contributed by atoms with E-state index in [1.807, 2.05) is 13.8 Å². The molecule has 0 saturated heterocycles. The molecule has 1 amide bonds. The Labute approximate surface area is 213 Å². The van der Waals surface area contributed by atoms with Crippen LogP contribution in [-0.2, 0) is 11.2 Å². The van der Waals surface area contributed by atoms with Crippen molar-refractivity contribution in [3.63, 3.8) is 0 Å². The van der Waals surface area contributed by atoms with Gasteiger partial charge in [-0.25, -0.2) is 8.78 Å². The molecule has 0 bridgehead atoms. The molecule has 0 aliphatic rings. The van der Waals surface area contributed by atoms with Gasteiger partial charge in [-0.1, -0.05) is 13.0 Å². The summed E-state index contributed by atoms with van der Waals surface area (Å²) in [7, 11) is 0. The number of carboxylic acid groups (broad SMARTS) is 1. The topological polar surface area (TPSA) is 91.4 Å². The summed E-state index contributed by atoms with van der Waals surface area (Å²) in [5, 5.41) is 12.5. The molecule has 1 heterocycles. The van der Waals surface area contributed by atoms with Crippen LogP contribution in [0, 0.1) is 25.5 Å². The van der Waals surface area contributed by atoms with Crippen LogP contribution in [0.5, 0.6) is 11.5 Å². The third-order valence-corrected chi connectivity index (χ3v) is 6.41. The maximum atomic E-state index is 14.6. The van der Waals surface area contributed by atoms with E-state index in [0.717, 1.165) is 11.1 Å². The number of benzene rings is 3. The summed E-state index contributed by atoms with van der Waals surface area (Å²) in [6.45, 7) is 5.49. The third kappa shape index (κ3) is 5.97. The van der Waals surface area contributed by atoms with Crippen LogP contribution in [0.25, 0.3) is 10.9 Å². The van der Waals surface area contributed by atoms with E-state index in [4.69, 9.17) is 9.84 Å². The zero-order valence-corrected chi connectivity index (χ0v) is 20.8. The van der Waals surface area contributed by atoms with E-state index in [2.05, 4.69) is 10.3 Å². The fraction of sp³-hybridized carbons (Fsp3) is 0.241. The maximum absolute atomic E-state index is 14.6. The van der Waals surface area contributed by atoms with Crippen LogP contribution in [0.15, 0.2) is 54.6 Å². The molecule has 0 radical (unpaired) electrons. The van der Waals surface area contributed by atoms with Crippen molar-refractivity contribution in [2.45, 2.75) is 46.1 Å². The number of nitrogens with one attached hydrogen (secondary N) is 2. The molecule has 3 aromatic carbocycles. The average molecular weight is 507 g/mol. The van der Waals surface area contributed by atoms with E-state index in [-0.39, 0.29) is 23.9 Å². The minimum Gasteiger partial charge on any atom is -0.481 e. The largest absolute Gasteiger partial charge is 0.481 e. The quantitative estimate of drug-likeness (QED) is 0.234. The Morgan fingerprint density at radius 3 is 2.49 bits per heavy atom. The van der Waals surface area contributed by atoms with Crippen LogP contribution in [0.4, 0.5) is 8.78 Å². The Kier molecular flexibility index (Phi) is 7.57. The van der Waals surface area contributed by atoms with Crippen molar-refractivity contribution in [1.82, 2.24) is 10.3 Å². The number of hydrogen-bond donors (Lipinski definition) is 3. The molecule has 8 heteroatoms. The highest BCUT2D eigenvalue weighted by Gasteiger charge is 2.20. The number of ether oxygens (including phenoxy) is 1. The monoisotopic (exact) mass is 506 g/mol. The van der Waals surface area contributed by atoms with Gasteiger partial charge in [0, 0.05) is 23.4 Å². The Hall–Kier alpha value is -4.20. The summed E-state index contributed by atoms with van der Waals surface area (Å²) >= 11 is 0. The number of H-pyrrole nitrogens is 1. The van der Waals surface area contributed by atoms with Gasteiger partial charge in [0.2, 0.25) is 0 Å². The van der Waals surface area contributed by atoms with Crippen molar-refractivity contribution < 1.29 is 28.2 Å². The van der Waals surface area contributed by atoms with Gasteiger partial charge in [0.15, 0.2) is 0 Å². The minimum atomic E-state index is -0.863. The van der Waals surface area contributed by atoms with Crippen molar-refractivity contribution in [1.29, 1.82) is 0 Å². The molecular weight excluding hydrogens is 478 g/mol. The van der Waals surface area contributed by atoms with E-state index < -0.39 is 17.8 Å². The normalized spacial score (nSPS) is 11.9. The molecule has 1 aromatic heterocycles. The van der Waals surface area contributed by atoms with Gasteiger partial charge in [-0.3, -0.25) is 9.59 Å². The van der Waals surface area contributed by atoms with Gasteiger partial charge in [0.25, 0.3) is 5.91 Å². The Morgan fingerprint density at radius 2 is 1.78 bits per heavy atom. The van der Waals surface area contributed by atoms with Crippen LogP contribution in [0.2, 0.25) is 0 Å². The highest BCUT2D eigenvalue weighted by atomic mass is 19.1. The lowest BCUT2D eigenvalue weighted by Crippen LogP contribution is -2.29. The predicted molar refractivity (Wildman–Crippen MR) is 137 cm³/mol. The second-order valence-corrected chi connectivity index (χ2v) is 9.05. The number of carbonyl (C=O) groups is 2. The van der Waals surface area contributed by atoms with Crippen LogP contribution >= 0.6 is 0 Å². The zero-order chi connectivity index (χ0) is 26.7. The van der Waals surface area contributed by atoms with Gasteiger partial charge in [-0.05, 0) is 91.4 Å². The summed E-state index contributed by atoms with van der Waals surface area (Å²) in [5.74, 6) is -1.36. The number of aromatic amines is 1. The summed E-state index contributed by atoms with van der Waals surface area (Å²) < 4.78 is 34.1. The maximum Gasteiger partial charge on any atom is 0.303 e. The molecule has 6 nitrogen and oxygen atoms in total. The first-order valence-electron chi connectivity index (χ1n) is 12.0. The lowest BCUT2D eigenvalue weighted by atomic mass is 10.0. The Bertz CT molecular complexity index is 1480. The van der Waals surface area contributed by atoms with E-state index in [1.165, 1.54) is 24.3 Å². The van der Waals surface area contributed by atoms with Crippen molar-refractivity contribution in [2.24, 2.45) is 0 Å². The summed E-state index contributed by atoms with van der Waals surface area (Å²) in [6, 6.07) is 13.4. The van der Waals surface area contributed by atoms with Crippen LogP contribution in [0.3, 0.4) is 0 Å². The van der Waals surface area contributed by atoms with Gasteiger partial charge in [0.1, 0.15) is 28.8 Å². The first-order valence-corrected chi connectivity index (χ1v) is 12.0. The number of fused-ring (bicyclic) bond motifs is 1. The molecular formula is C29H28F2N2O4. The highest BCUT2D eigenvalue weighted by molar-refractivity contribution is 6.01. The highest BCUT2D eigenvalue weighted by Crippen LogP contribution is 2.30. The standard InChI is InChI=1S/C29H28F2N2O4/c1-4-25(33-29(36)28-17(3)24-15-20(30)7-9-26(24)32-28)19-12-21(31)14-23(13-19)37-22-8-5-18(16(2)11-22)6-10-27(34)35/h5,7-9,11-15,25,32H,4,6,10H2,1-3H3,(H,33,36)(H,34,35). The number of hydrogen-bond acceptors (Lipinski definition) is 3. The number of carbonyl (C=O) groups excluding carboxylic acids is 1. The molecule has 0 fully saturated rings. The third-order valence-electron chi connectivity index (χ3n) is 6.41. The summed E-state index contributed by atoms with van der Waals surface area (Å²) in [5.41, 5.74) is 3.93. The number of halogens is 2. The molecule has 0 spiro atoms. The number of amides is 1. The molecule has 3 N–H and O–H groups in total. The molecule has 4 rings (SSSR count). The van der Waals surface area contributed by atoms with Crippen molar-refractivity contribution in [3.05, 3.63) is 94.2 Å². The van der Waals surface area contributed by atoms with Gasteiger partial charge in [0.05, 0.1) is 6.04 Å². The molecule has 1 unspecified atom stereocenters. The Balaban J connectivity index is 1.53. The SMILES string of the molecule is CCC(NC(=O)c1[nH]c2ccc(F)cc2c1C)c1cc(F)cc(Oc2ccc(CCC(=O)O)c(C)c2)c1. The van der Waals surface area contributed by atoms with E-state index in [1.54, 1.807) is 37.3 Å². The lowest BCUT2D eigenvalue weighted by Gasteiger charge is -2.19. The first kappa shape index (κ1) is 25.9. The van der Waals surface area contributed by atoms with Crippen LogP contribution in [-0.4, -0.2) is 22.0 Å². The molecule has 1 atom stereocenters. The molecule has 0 saturated carbocycles. The second kappa shape index (κ2) is 10.8. The van der Waals surface area contributed by atoms with Gasteiger partial charge in [-0.15, -0.1) is 0 Å². The summed E-state index contributed by atoms with van der Waals surface area (Å²) in [6.07, 6.45) is 0.946. The van der Waals surface area contributed by atoms with E-state index in [0.29, 0.717) is 46.3 Å². The lowest BCUT2D eigenvalue weighted by molar-refractivity contribution is -0.136. The van der Waals surface area contributed by atoms with Gasteiger partial charge in [-0.2, -0.15) is 0 Å². The number of aryl methyl sites for hydroxylation is 3. The molecule has 37 heavy (non-hydrogen) atoms. The van der Waals surface area contributed by atoms with Crippen molar-refractivity contribution >= 4 is 22.8 Å². The van der Waals surface area contributed by atoms with Crippen LogP contribution < -0.4 is 10.1 Å². The van der Waals surface area contributed by atoms with Gasteiger partial charge < -0.3 is 20.1 Å². The zero-order valence-electron chi connectivity index (χ0n) is 20.8. The molecule has 192 valence electrons. The molecule has 0 aliphatic heterocycles. The van der Waals surface area contributed by atoms with E-state index >= 15 is 0 Å². The average Bonchev–Trinajstić information content (AvgIpc) is 3.17.